The number of aromatic nitrogens is 2. The van der Waals surface area contributed by atoms with Crippen molar-refractivity contribution in [2.24, 2.45) is 0 Å². The first-order valence-corrected chi connectivity index (χ1v) is 6.22. The van der Waals surface area contributed by atoms with Crippen molar-refractivity contribution < 1.29 is 4.79 Å². The van der Waals surface area contributed by atoms with Gasteiger partial charge in [-0.1, -0.05) is 0 Å². The van der Waals surface area contributed by atoms with Crippen LogP contribution in [-0.2, 0) is 6.54 Å². The van der Waals surface area contributed by atoms with Crippen molar-refractivity contribution in [2.45, 2.75) is 27.3 Å². The number of carbonyl (C=O) groups is 1. The number of amides is 1. The van der Waals surface area contributed by atoms with Gasteiger partial charge in [0.15, 0.2) is 0 Å². The number of nitrogens with zero attached hydrogens (tertiary/aromatic N) is 2. The third-order valence-corrected chi connectivity index (χ3v) is 3.18. The maximum atomic E-state index is 12.2. The molecule has 0 radical (unpaired) electrons. The van der Waals surface area contributed by atoms with Crippen LogP contribution in [0.3, 0.4) is 0 Å². The van der Waals surface area contributed by atoms with Gasteiger partial charge in [-0.05, 0) is 39.0 Å². The number of halogens is 1. The molecule has 2 rings (SSSR count). The molecule has 0 fully saturated rings. The average molecular weight is 295 g/mol. The van der Waals surface area contributed by atoms with Gasteiger partial charge in [0, 0.05) is 17.9 Å². The van der Waals surface area contributed by atoms with Crippen LogP contribution in [0.1, 0.15) is 28.7 Å². The molecule has 0 aliphatic carbocycles. The number of hydrogen-bond acceptors (Lipinski definition) is 3. The highest BCUT2D eigenvalue weighted by Gasteiger charge is 2.15. The number of carbonyl (C=O) groups excluding carboxylic acids is 1. The minimum atomic E-state index is -0.126. The molecule has 0 bridgehead atoms. The fourth-order valence-corrected chi connectivity index (χ4v) is 2.20. The van der Waals surface area contributed by atoms with Gasteiger partial charge in [-0.3, -0.25) is 4.79 Å². The summed E-state index contributed by atoms with van der Waals surface area (Å²) in [6.45, 7) is 6.87. The molecule has 6 heteroatoms. The lowest BCUT2D eigenvalue weighted by molar-refractivity contribution is 0.102. The molecule has 108 valence electrons. The predicted molar refractivity (Wildman–Crippen MR) is 83.4 cm³/mol. The molecule has 2 heterocycles. The van der Waals surface area contributed by atoms with E-state index >= 15 is 0 Å². The van der Waals surface area contributed by atoms with Crippen molar-refractivity contribution in [3.63, 3.8) is 0 Å². The van der Waals surface area contributed by atoms with Crippen LogP contribution in [0, 0.1) is 13.8 Å². The van der Waals surface area contributed by atoms with Crippen molar-refractivity contribution >= 4 is 29.8 Å². The molecule has 0 saturated heterocycles. The fraction of sp³-hybridized carbons (Fsp3) is 0.286. The Balaban J connectivity index is 0.00000200. The second kappa shape index (κ2) is 6.43. The number of nitrogen functional groups attached to an aromatic ring is 1. The number of aryl methyl sites for hydroxylation is 1. The average Bonchev–Trinajstić information content (AvgIpc) is 2.67. The number of nitrogens with one attached hydrogen (secondary N) is 1. The molecule has 2 aromatic rings. The Bertz CT molecular complexity index is 604. The molecule has 0 atom stereocenters. The highest BCUT2D eigenvalue weighted by atomic mass is 35.5. The Hall–Kier alpha value is -2.01. The van der Waals surface area contributed by atoms with E-state index in [-0.39, 0.29) is 18.3 Å². The van der Waals surface area contributed by atoms with E-state index in [1.165, 1.54) is 0 Å². The minimum Gasteiger partial charge on any atom is -0.384 e. The summed E-state index contributed by atoms with van der Waals surface area (Å²) in [5.74, 6) is 0.307. The van der Waals surface area contributed by atoms with Crippen LogP contribution in [0.25, 0.3) is 0 Å². The Morgan fingerprint density at radius 3 is 2.60 bits per heavy atom. The molecule has 0 aromatic carbocycles. The van der Waals surface area contributed by atoms with Gasteiger partial charge in [0.25, 0.3) is 5.91 Å². The fourth-order valence-electron chi connectivity index (χ4n) is 2.20. The Kier molecular flexibility index (Phi) is 5.16. The van der Waals surface area contributed by atoms with E-state index in [4.69, 9.17) is 5.73 Å². The molecule has 0 spiro atoms. The molecular formula is C14H19ClN4O. The number of nitrogens with two attached hydrogens (primary N) is 1. The summed E-state index contributed by atoms with van der Waals surface area (Å²) in [6.07, 6.45) is 1.55. The topological polar surface area (TPSA) is 72.9 Å². The standard InChI is InChI=1S/C14H18N4O.ClH/c1-4-18-9(2)7-12(10(18)3)14(19)17-11-5-6-13(15)16-8-11;/h5-8H,4H2,1-3H3,(H2,15,16)(H,17,19);1H. The molecular weight excluding hydrogens is 276 g/mol. The second-order valence-electron chi connectivity index (χ2n) is 4.45. The number of pyridine rings is 1. The van der Waals surface area contributed by atoms with Crippen LogP contribution < -0.4 is 11.1 Å². The zero-order chi connectivity index (χ0) is 14.0. The van der Waals surface area contributed by atoms with Gasteiger partial charge >= 0.3 is 0 Å². The molecule has 5 nitrogen and oxygen atoms in total. The smallest absolute Gasteiger partial charge is 0.257 e. The maximum absolute atomic E-state index is 12.2. The second-order valence-corrected chi connectivity index (χ2v) is 4.45. The van der Waals surface area contributed by atoms with E-state index in [2.05, 4.69) is 21.8 Å². The first-order valence-electron chi connectivity index (χ1n) is 6.22. The third-order valence-electron chi connectivity index (χ3n) is 3.18. The summed E-state index contributed by atoms with van der Waals surface area (Å²) < 4.78 is 2.11. The number of anilines is 2. The molecule has 1 amide bonds. The van der Waals surface area contributed by atoms with Gasteiger partial charge < -0.3 is 15.6 Å². The van der Waals surface area contributed by atoms with E-state index in [0.29, 0.717) is 17.1 Å². The van der Waals surface area contributed by atoms with Crippen molar-refractivity contribution in [2.75, 3.05) is 11.1 Å². The monoisotopic (exact) mass is 294 g/mol. The van der Waals surface area contributed by atoms with Crippen LogP contribution in [0.2, 0.25) is 0 Å². The highest BCUT2D eigenvalue weighted by Crippen LogP contribution is 2.17. The van der Waals surface area contributed by atoms with Gasteiger partial charge in [-0.15, -0.1) is 12.4 Å². The SMILES string of the molecule is CCn1c(C)cc(C(=O)Nc2ccc(N)nc2)c1C.Cl. The van der Waals surface area contributed by atoms with E-state index in [1.807, 2.05) is 19.9 Å². The highest BCUT2D eigenvalue weighted by molar-refractivity contribution is 6.05. The quantitative estimate of drug-likeness (QED) is 0.914. The lowest BCUT2D eigenvalue weighted by Gasteiger charge is -2.07. The van der Waals surface area contributed by atoms with E-state index in [1.54, 1.807) is 18.3 Å². The van der Waals surface area contributed by atoms with Gasteiger partial charge in [0.2, 0.25) is 0 Å². The molecule has 3 N–H and O–H groups in total. The summed E-state index contributed by atoms with van der Waals surface area (Å²) in [4.78, 5) is 16.2. The van der Waals surface area contributed by atoms with Gasteiger partial charge in [0.1, 0.15) is 5.82 Å². The normalized spacial score (nSPS) is 9.95. The first-order chi connectivity index (χ1) is 9.02. The summed E-state index contributed by atoms with van der Waals surface area (Å²) in [5, 5.41) is 2.82. The zero-order valence-electron chi connectivity index (χ0n) is 11.8. The van der Waals surface area contributed by atoms with Gasteiger partial charge in [0.05, 0.1) is 17.4 Å². The predicted octanol–water partition coefficient (Wildman–Crippen LogP) is 2.78. The van der Waals surface area contributed by atoms with Crippen LogP contribution in [0.15, 0.2) is 24.4 Å². The molecule has 0 aliphatic rings. The van der Waals surface area contributed by atoms with Crippen molar-refractivity contribution in [3.05, 3.63) is 41.3 Å². The molecule has 0 aliphatic heterocycles. The van der Waals surface area contributed by atoms with E-state index in [0.717, 1.165) is 17.9 Å². The van der Waals surface area contributed by atoms with Gasteiger partial charge in [-0.25, -0.2) is 4.98 Å². The third kappa shape index (κ3) is 3.11. The number of rotatable bonds is 3. The first kappa shape index (κ1) is 16.0. The number of hydrogen-bond donors (Lipinski definition) is 2. The minimum absolute atomic E-state index is 0. The van der Waals surface area contributed by atoms with Crippen molar-refractivity contribution in [3.8, 4) is 0 Å². The largest absolute Gasteiger partial charge is 0.384 e. The van der Waals surface area contributed by atoms with E-state index in [9.17, 15) is 4.79 Å². The van der Waals surface area contributed by atoms with Crippen LogP contribution in [0.4, 0.5) is 11.5 Å². The maximum Gasteiger partial charge on any atom is 0.257 e. The summed E-state index contributed by atoms with van der Waals surface area (Å²) in [6, 6.07) is 5.29. The molecule has 0 unspecified atom stereocenters. The Morgan fingerprint density at radius 1 is 1.40 bits per heavy atom. The summed E-state index contributed by atoms with van der Waals surface area (Å²) >= 11 is 0. The van der Waals surface area contributed by atoms with Crippen molar-refractivity contribution in [1.29, 1.82) is 0 Å². The van der Waals surface area contributed by atoms with Gasteiger partial charge in [-0.2, -0.15) is 0 Å². The van der Waals surface area contributed by atoms with Crippen LogP contribution in [-0.4, -0.2) is 15.5 Å². The lowest BCUT2D eigenvalue weighted by Crippen LogP contribution is -2.13. The van der Waals surface area contributed by atoms with Crippen LogP contribution in [0.5, 0.6) is 0 Å². The lowest BCUT2D eigenvalue weighted by atomic mass is 10.2. The Morgan fingerprint density at radius 2 is 2.10 bits per heavy atom. The summed E-state index contributed by atoms with van der Waals surface area (Å²) in [7, 11) is 0. The summed E-state index contributed by atoms with van der Waals surface area (Å²) in [5.41, 5.74) is 8.89. The Labute approximate surface area is 124 Å². The van der Waals surface area contributed by atoms with Crippen LogP contribution >= 0.6 is 12.4 Å². The zero-order valence-corrected chi connectivity index (χ0v) is 12.6. The van der Waals surface area contributed by atoms with Crippen molar-refractivity contribution in [1.82, 2.24) is 9.55 Å². The molecule has 20 heavy (non-hydrogen) atoms. The molecule has 0 saturated carbocycles. The van der Waals surface area contributed by atoms with E-state index < -0.39 is 0 Å². The molecule has 2 aromatic heterocycles.